The third-order valence-corrected chi connectivity index (χ3v) is 4.96. The summed E-state index contributed by atoms with van der Waals surface area (Å²) in [6, 6.07) is 6.27. The maximum atomic E-state index is 12.3. The average Bonchev–Trinajstić information content (AvgIpc) is 2.85. The average molecular weight is 343 g/mol. The Morgan fingerprint density at radius 2 is 1.60 bits per heavy atom. The van der Waals surface area contributed by atoms with Crippen LogP contribution in [-0.4, -0.2) is 35.0 Å². The van der Waals surface area contributed by atoms with Crippen LogP contribution in [0.1, 0.15) is 49.4 Å². The molecule has 1 aromatic carbocycles. The number of hydrogen-bond acceptors (Lipinski definition) is 5. The maximum absolute atomic E-state index is 12.3. The number of ether oxygens (including phenoxy) is 1. The van der Waals surface area contributed by atoms with Crippen LogP contribution in [0.2, 0.25) is 0 Å². The molecule has 1 heterocycles. The van der Waals surface area contributed by atoms with Crippen molar-refractivity contribution in [3.8, 4) is 5.75 Å². The fourth-order valence-electron chi connectivity index (χ4n) is 3.59. The van der Waals surface area contributed by atoms with E-state index in [1.54, 1.807) is 24.3 Å². The van der Waals surface area contributed by atoms with E-state index in [9.17, 15) is 19.2 Å². The van der Waals surface area contributed by atoms with Crippen LogP contribution in [0, 0.1) is 11.8 Å². The predicted molar refractivity (Wildman–Crippen MR) is 88.9 cm³/mol. The smallest absolute Gasteiger partial charge is 0.312 e. The van der Waals surface area contributed by atoms with Gasteiger partial charge in [0.25, 0.3) is 0 Å². The molecule has 2 aliphatic rings. The summed E-state index contributed by atoms with van der Waals surface area (Å²) in [7, 11) is 0. The zero-order valence-corrected chi connectivity index (χ0v) is 14.2. The number of Topliss-reactive ketones (excluding diaryl/α,β-unsaturated/α-hetero) is 1. The summed E-state index contributed by atoms with van der Waals surface area (Å²) in [5.74, 6) is -0.923. The largest absolute Gasteiger partial charge is 0.426 e. The standard InChI is InChI=1S/C19H21NO5/c1-12(21)13-6-8-14(9-7-13)25-17(22)10-11-20-18(23)15-4-2-3-5-16(15)19(20)24/h6-9,15-16H,2-5,10-11H2,1H3/t15-,16+. The molecule has 0 spiro atoms. The van der Waals surface area contributed by atoms with E-state index < -0.39 is 5.97 Å². The summed E-state index contributed by atoms with van der Waals surface area (Å²) in [5.41, 5.74) is 0.538. The highest BCUT2D eigenvalue weighted by molar-refractivity contribution is 6.05. The van der Waals surface area contributed by atoms with Gasteiger partial charge >= 0.3 is 5.97 Å². The van der Waals surface area contributed by atoms with Crippen LogP contribution >= 0.6 is 0 Å². The fourth-order valence-corrected chi connectivity index (χ4v) is 3.59. The van der Waals surface area contributed by atoms with Crippen molar-refractivity contribution in [3.05, 3.63) is 29.8 Å². The van der Waals surface area contributed by atoms with E-state index in [0.717, 1.165) is 25.7 Å². The lowest BCUT2D eigenvalue weighted by Crippen LogP contribution is -2.33. The van der Waals surface area contributed by atoms with Gasteiger partial charge in [-0.2, -0.15) is 0 Å². The molecule has 0 bridgehead atoms. The summed E-state index contributed by atoms with van der Waals surface area (Å²) in [4.78, 5) is 49.1. The van der Waals surface area contributed by atoms with Crippen LogP contribution in [0.3, 0.4) is 0 Å². The van der Waals surface area contributed by atoms with Gasteiger partial charge in [0.2, 0.25) is 11.8 Å². The van der Waals surface area contributed by atoms with Gasteiger partial charge in [-0.1, -0.05) is 12.8 Å². The van der Waals surface area contributed by atoms with E-state index >= 15 is 0 Å². The molecule has 1 aliphatic carbocycles. The normalized spacial score (nSPS) is 22.7. The Morgan fingerprint density at radius 1 is 1.04 bits per heavy atom. The summed E-state index contributed by atoms with van der Waals surface area (Å²) in [5, 5.41) is 0. The molecule has 6 heteroatoms. The van der Waals surface area contributed by atoms with Gasteiger partial charge in [-0.3, -0.25) is 24.1 Å². The molecule has 2 fully saturated rings. The summed E-state index contributed by atoms with van der Waals surface area (Å²) >= 11 is 0. The lowest BCUT2D eigenvalue weighted by Gasteiger charge is -2.19. The van der Waals surface area contributed by atoms with Crippen molar-refractivity contribution in [3.63, 3.8) is 0 Å². The molecular weight excluding hydrogens is 322 g/mol. The molecule has 1 saturated heterocycles. The molecule has 0 aromatic heterocycles. The van der Waals surface area contributed by atoms with Gasteiger partial charge in [0.1, 0.15) is 5.75 Å². The second-order valence-electron chi connectivity index (χ2n) is 6.63. The van der Waals surface area contributed by atoms with Gasteiger partial charge < -0.3 is 4.74 Å². The third-order valence-electron chi connectivity index (χ3n) is 4.96. The lowest BCUT2D eigenvalue weighted by molar-refractivity contribution is -0.141. The quantitative estimate of drug-likeness (QED) is 0.355. The van der Waals surface area contributed by atoms with E-state index in [2.05, 4.69) is 0 Å². The van der Waals surface area contributed by atoms with Gasteiger partial charge in [0.15, 0.2) is 5.78 Å². The van der Waals surface area contributed by atoms with Gasteiger partial charge in [-0.05, 0) is 44.0 Å². The number of esters is 1. The Balaban J connectivity index is 1.54. The molecule has 0 unspecified atom stereocenters. The number of likely N-dealkylation sites (tertiary alicyclic amines) is 1. The van der Waals surface area contributed by atoms with Crippen LogP contribution in [-0.2, 0) is 14.4 Å². The van der Waals surface area contributed by atoms with Crippen LogP contribution in [0.15, 0.2) is 24.3 Å². The lowest BCUT2D eigenvalue weighted by atomic mass is 9.81. The van der Waals surface area contributed by atoms with Crippen LogP contribution < -0.4 is 4.74 Å². The van der Waals surface area contributed by atoms with Gasteiger partial charge in [0.05, 0.1) is 18.3 Å². The minimum absolute atomic E-state index is 0.0363. The van der Waals surface area contributed by atoms with Crippen molar-refractivity contribution in [2.45, 2.75) is 39.0 Å². The topological polar surface area (TPSA) is 80.8 Å². The number of imide groups is 1. The number of carbonyl (C=O) groups is 4. The van der Waals surface area contributed by atoms with Gasteiger partial charge in [0, 0.05) is 12.1 Å². The predicted octanol–water partition coefficient (Wildman–Crippen LogP) is 2.36. The molecule has 132 valence electrons. The molecule has 0 radical (unpaired) electrons. The first-order valence-electron chi connectivity index (χ1n) is 8.64. The highest BCUT2D eigenvalue weighted by Crippen LogP contribution is 2.37. The molecule has 1 aliphatic heterocycles. The number of ketones is 1. The van der Waals surface area contributed by atoms with E-state index in [1.165, 1.54) is 11.8 Å². The van der Waals surface area contributed by atoms with Crippen LogP contribution in [0.4, 0.5) is 0 Å². The molecule has 3 rings (SSSR count). The number of amides is 2. The Labute approximate surface area is 146 Å². The van der Waals surface area contributed by atoms with Gasteiger partial charge in [-0.25, -0.2) is 0 Å². The Hall–Kier alpha value is -2.50. The molecule has 2 atom stereocenters. The monoisotopic (exact) mass is 343 g/mol. The van der Waals surface area contributed by atoms with Crippen molar-refractivity contribution >= 4 is 23.6 Å². The Morgan fingerprint density at radius 3 is 2.12 bits per heavy atom. The summed E-state index contributed by atoms with van der Waals surface area (Å²) in [6.07, 6.45) is 3.45. The van der Waals surface area contributed by atoms with Crippen LogP contribution in [0.5, 0.6) is 5.75 Å². The summed E-state index contributed by atoms with van der Waals surface area (Å²) in [6.45, 7) is 1.53. The van der Waals surface area contributed by atoms with Gasteiger partial charge in [-0.15, -0.1) is 0 Å². The molecule has 1 aromatic rings. The molecule has 1 saturated carbocycles. The molecule has 6 nitrogen and oxygen atoms in total. The molecular formula is C19H21NO5. The number of carbonyl (C=O) groups excluding carboxylic acids is 4. The van der Waals surface area contributed by atoms with E-state index in [-0.39, 0.29) is 42.4 Å². The van der Waals surface area contributed by atoms with E-state index in [0.29, 0.717) is 11.3 Å². The van der Waals surface area contributed by atoms with Crippen molar-refractivity contribution in [1.82, 2.24) is 4.90 Å². The van der Waals surface area contributed by atoms with Crippen molar-refractivity contribution < 1.29 is 23.9 Å². The number of benzene rings is 1. The molecule has 2 amide bonds. The zero-order chi connectivity index (χ0) is 18.0. The first-order valence-corrected chi connectivity index (χ1v) is 8.64. The number of hydrogen-bond donors (Lipinski definition) is 0. The highest BCUT2D eigenvalue weighted by Gasteiger charge is 2.47. The Kier molecular flexibility index (Phi) is 4.97. The minimum atomic E-state index is -0.508. The van der Waals surface area contributed by atoms with Crippen LogP contribution in [0.25, 0.3) is 0 Å². The maximum Gasteiger partial charge on any atom is 0.312 e. The second-order valence-corrected chi connectivity index (χ2v) is 6.63. The van der Waals surface area contributed by atoms with Crippen molar-refractivity contribution in [2.75, 3.05) is 6.54 Å². The van der Waals surface area contributed by atoms with Crippen molar-refractivity contribution in [1.29, 1.82) is 0 Å². The van der Waals surface area contributed by atoms with E-state index in [4.69, 9.17) is 4.74 Å². The minimum Gasteiger partial charge on any atom is -0.426 e. The summed E-state index contributed by atoms with van der Waals surface area (Å²) < 4.78 is 5.20. The van der Waals surface area contributed by atoms with E-state index in [1.807, 2.05) is 0 Å². The second kappa shape index (κ2) is 7.17. The first kappa shape index (κ1) is 17.3. The number of nitrogens with zero attached hydrogens (tertiary/aromatic N) is 1. The Bertz CT molecular complexity index is 685. The number of fused-ring (bicyclic) bond motifs is 1. The van der Waals surface area contributed by atoms with Crippen molar-refractivity contribution in [2.24, 2.45) is 11.8 Å². The first-order chi connectivity index (χ1) is 12.0. The highest BCUT2D eigenvalue weighted by atomic mass is 16.5. The number of rotatable bonds is 5. The SMILES string of the molecule is CC(=O)c1ccc(OC(=O)CCN2C(=O)[C@H]3CCCC[C@H]3C2=O)cc1. The molecule has 25 heavy (non-hydrogen) atoms. The third kappa shape index (κ3) is 3.62. The zero-order valence-electron chi connectivity index (χ0n) is 14.2. The molecule has 0 N–H and O–H groups in total. The fraction of sp³-hybridized carbons (Fsp3) is 0.474.